The average molecular weight is 433 g/mol. The maximum Gasteiger partial charge on any atom is 0.410 e. The van der Waals surface area contributed by atoms with Gasteiger partial charge in [-0.25, -0.2) is 14.2 Å². The molecule has 4 N–H and O–H groups in total. The Bertz CT molecular complexity index is 1250. The molecule has 4 rings (SSSR count). The first-order chi connectivity index (χ1) is 15.5. The highest BCUT2D eigenvalue weighted by atomic mass is 19.1. The van der Waals surface area contributed by atoms with Crippen LogP contribution in [0.25, 0.3) is 16.6 Å². The van der Waals surface area contributed by atoms with E-state index in [-0.39, 0.29) is 24.0 Å². The van der Waals surface area contributed by atoms with Gasteiger partial charge in [0, 0.05) is 47.8 Å². The third-order valence-corrected chi connectivity index (χ3v) is 4.80. The third kappa shape index (κ3) is 4.84. The molecule has 0 aliphatic heterocycles. The number of fused-ring (bicyclic) bond motifs is 1. The first kappa shape index (κ1) is 20.9. The number of carbonyl (C=O) groups is 2. The van der Waals surface area contributed by atoms with Crippen LogP contribution in [0.3, 0.4) is 0 Å². The van der Waals surface area contributed by atoms with E-state index in [0.29, 0.717) is 17.6 Å². The van der Waals surface area contributed by atoms with Crippen LogP contribution in [0.2, 0.25) is 0 Å². The van der Waals surface area contributed by atoms with Crippen LogP contribution in [0.15, 0.2) is 73.1 Å². The number of pyridine rings is 1. The number of hydrogen-bond acceptors (Lipinski definition) is 4. The molecule has 0 fully saturated rings. The van der Waals surface area contributed by atoms with Gasteiger partial charge in [-0.2, -0.15) is 0 Å². The quantitative estimate of drug-likeness (QED) is 0.338. The van der Waals surface area contributed by atoms with Gasteiger partial charge < -0.3 is 20.3 Å². The number of hydrogen-bond donors (Lipinski definition) is 4. The zero-order valence-electron chi connectivity index (χ0n) is 16.9. The number of rotatable bonds is 7. The third-order valence-electron chi connectivity index (χ3n) is 4.80. The Kier molecular flexibility index (Phi) is 5.98. The molecule has 32 heavy (non-hydrogen) atoms. The molecule has 4 aromatic rings. The number of carboxylic acid groups (broad SMARTS) is 1. The topological polar surface area (TPSA) is 108 Å². The standard InChI is InChI=1S/C23H20FN5O3/c24-15-1-3-17(4-2-15)27-21(30)10-13-25-16-5-7-18(8-6-16)29-14-11-19-20(29)9-12-26-22(19)28-23(31)32/h1-9,11-12,14,25H,10,13H2,(H,26,28)(H,27,30)(H,31,32). The Balaban J connectivity index is 1.37. The molecule has 2 heterocycles. The number of benzene rings is 2. The van der Waals surface area contributed by atoms with Gasteiger partial charge in [-0.1, -0.05) is 0 Å². The molecule has 162 valence electrons. The molecular formula is C23H20FN5O3. The summed E-state index contributed by atoms with van der Waals surface area (Å²) in [6.07, 6.45) is 2.49. The summed E-state index contributed by atoms with van der Waals surface area (Å²) < 4.78 is 14.9. The summed E-state index contributed by atoms with van der Waals surface area (Å²) in [6, 6.07) is 16.9. The van der Waals surface area contributed by atoms with Crippen molar-refractivity contribution in [2.45, 2.75) is 6.42 Å². The van der Waals surface area contributed by atoms with Crippen LogP contribution in [0.4, 0.5) is 26.4 Å². The van der Waals surface area contributed by atoms with Gasteiger partial charge in [0.2, 0.25) is 5.91 Å². The van der Waals surface area contributed by atoms with Crippen molar-refractivity contribution in [3.63, 3.8) is 0 Å². The van der Waals surface area contributed by atoms with E-state index in [1.54, 1.807) is 12.3 Å². The first-order valence-corrected chi connectivity index (χ1v) is 9.85. The van der Waals surface area contributed by atoms with Crippen molar-refractivity contribution in [3.8, 4) is 5.69 Å². The van der Waals surface area contributed by atoms with E-state index in [1.807, 2.05) is 41.1 Å². The zero-order chi connectivity index (χ0) is 22.5. The Labute approximate surface area is 182 Å². The monoisotopic (exact) mass is 433 g/mol. The largest absolute Gasteiger partial charge is 0.465 e. The maximum absolute atomic E-state index is 12.9. The van der Waals surface area contributed by atoms with Crippen LogP contribution in [0.1, 0.15) is 6.42 Å². The van der Waals surface area contributed by atoms with E-state index in [2.05, 4.69) is 20.9 Å². The van der Waals surface area contributed by atoms with Crippen molar-refractivity contribution in [3.05, 3.63) is 78.9 Å². The minimum Gasteiger partial charge on any atom is -0.465 e. The maximum atomic E-state index is 12.9. The number of aromatic nitrogens is 2. The van der Waals surface area contributed by atoms with Gasteiger partial charge in [-0.3, -0.25) is 10.1 Å². The molecule has 0 spiro atoms. The van der Waals surface area contributed by atoms with Gasteiger partial charge in [0.15, 0.2) is 0 Å². The van der Waals surface area contributed by atoms with E-state index < -0.39 is 6.09 Å². The molecule has 8 nitrogen and oxygen atoms in total. The minimum absolute atomic E-state index is 0.168. The van der Waals surface area contributed by atoms with Gasteiger partial charge >= 0.3 is 6.09 Å². The van der Waals surface area contributed by atoms with Gasteiger partial charge in [-0.15, -0.1) is 0 Å². The van der Waals surface area contributed by atoms with E-state index in [4.69, 9.17) is 5.11 Å². The van der Waals surface area contributed by atoms with Crippen LogP contribution in [-0.2, 0) is 4.79 Å². The van der Waals surface area contributed by atoms with E-state index in [0.717, 1.165) is 16.9 Å². The smallest absolute Gasteiger partial charge is 0.410 e. The number of nitrogens with one attached hydrogen (secondary N) is 3. The van der Waals surface area contributed by atoms with Crippen molar-refractivity contribution in [2.24, 2.45) is 0 Å². The Morgan fingerprint density at radius 3 is 2.38 bits per heavy atom. The summed E-state index contributed by atoms with van der Waals surface area (Å²) in [5.74, 6) is -0.236. The summed E-state index contributed by atoms with van der Waals surface area (Å²) in [7, 11) is 0. The van der Waals surface area contributed by atoms with Crippen molar-refractivity contribution in [1.29, 1.82) is 0 Å². The SMILES string of the molecule is O=C(O)Nc1nccc2c1ccn2-c1ccc(NCCC(=O)Nc2ccc(F)cc2)cc1. The molecule has 0 unspecified atom stereocenters. The predicted octanol–water partition coefficient (Wildman–Crippen LogP) is 4.70. The van der Waals surface area contributed by atoms with E-state index in [9.17, 15) is 14.0 Å². The van der Waals surface area contributed by atoms with Crippen LogP contribution in [0, 0.1) is 5.82 Å². The fraction of sp³-hybridized carbons (Fsp3) is 0.0870. The molecule has 0 bridgehead atoms. The molecule has 0 atom stereocenters. The molecule has 0 saturated carbocycles. The van der Waals surface area contributed by atoms with Gasteiger partial charge in [0.05, 0.1) is 5.52 Å². The van der Waals surface area contributed by atoms with E-state index >= 15 is 0 Å². The lowest BCUT2D eigenvalue weighted by Gasteiger charge is -2.10. The summed E-state index contributed by atoms with van der Waals surface area (Å²) >= 11 is 0. The molecule has 9 heteroatoms. The lowest BCUT2D eigenvalue weighted by atomic mass is 10.2. The number of amides is 2. The fourth-order valence-electron chi connectivity index (χ4n) is 3.31. The lowest BCUT2D eigenvalue weighted by molar-refractivity contribution is -0.115. The first-order valence-electron chi connectivity index (χ1n) is 9.85. The van der Waals surface area contributed by atoms with Crippen molar-refractivity contribution < 1.29 is 19.1 Å². The molecular weight excluding hydrogens is 413 g/mol. The van der Waals surface area contributed by atoms with Crippen LogP contribution < -0.4 is 16.0 Å². The van der Waals surface area contributed by atoms with Crippen LogP contribution in [0.5, 0.6) is 0 Å². The summed E-state index contributed by atoms with van der Waals surface area (Å²) in [6.45, 7) is 0.439. The molecule has 0 radical (unpaired) electrons. The second kappa shape index (κ2) is 9.17. The second-order valence-corrected chi connectivity index (χ2v) is 6.99. The number of nitrogens with zero attached hydrogens (tertiary/aromatic N) is 2. The lowest BCUT2D eigenvalue weighted by Crippen LogP contribution is -2.16. The molecule has 2 amide bonds. The molecule has 0 aliphatic carbocycles. The molecule has 2 aromatic heterocycles. The van der Waals surface area contributed by atoms with Crippen molar-refractivity contribution in [2.75, 3.05) is 22.5 Å². The van der Waals surface area contributed by atoms with Gasteiger partial charge in [0.1, 0.15) is 11.6 Å². The Morgan fingerprint density at radius 1 is 0.938 bits per heavy atom. The zero-order valence-corrected chi connectivity index (χ0v) is 16.9. The van der Waals surface area contributed by atoms with Crippen molar-refractivity contribution >= 4 is 40.1 Å². The van der Waals surface area contributed by atoms with Crippen LogP contribution >= 0.6 is 0 Å². The summed E-state index contributed by atoms with van der Waals surface area (Å²) in [5.41, 5.74) is 3.13. The number of carbonyl (C=O) groups excluding carboxylic acids is 1. The minimum atomic E-state index is -1.17. The van der Waals surface area contributed by atoms with Crippen molar-refractivity contribution in [1.82, 2.24) is 9.55 Å². The highest BCUT2D eigenvalue weighted by Crippen LogP contribution is 2.26. The molecule has 0 aliphatic rings. The highest BCUT2D eigenvalue weighted by molar-refractivity contribution is 5.97. The molecule has 2 aromatic carbocycles. The molecule has 0 saturated heterocycles. The normalized spacial score (nSPS) is 10.7. The van der Waals surface area contributed by atoms with Crippen LogP contribution in [-0.4, -0.2) is 33.2 Å². The average Bonchev–Trinajstić information content (AvgIpc) is 3.21. The predicted molar refractivity (Wildman–Crippen MR) is 121 cm³/mol. The highest BCUT2D eigenvalue weighted by Gasteiger charge is 2.10. The summed E-state index contributed by atoms with van der Waals surface area (Å²) in [4.78, 5) is 27.1. The van der Waals surface area contributed by atoms with Gasteiger partial charge in [-0.05, 0) is 60.7 Å². The summed E-state index contributed by atoms with van der Waals surface area (Å²) in [5, 5.41) is 17.9. The fourth-order valence-corrected chi connectivity index (χ4v) is 3.31. The van der Waals surface area contributed by atoms with E-state index in [1.165, 1.54) is 24.3 Å². The second-order valence-electron chi connectivity index (χ2n) is 6.99. The number of halogens is 1. The Morgan fingerprint density at radius 2 is 1.66 bits per heavy atom. The Hall–Kier alpha value is -4.40. The number of anilines is 3. The van der Waals surface area contributed by atoms with Gasteiger partial charge in [0.25, 0.3) is 0 Å².